The van der Waals surface area contributed by atoms with Crippen LogP contribution < -0.4 is 0 Å². The Morgan fingerprint density at radius 3 is 2.17 bits per heavy atom. The third-order valence-electron chi connectivity index (χ3n) is 7.68. The summed E-state index contributed by atoms with van der Waals surface area (Å²) in [5.41, 5.74) is 4.26. The molecule has 0 spiro atoms. The van der Waals surface area contributed by atoms with Crippen LogP contribution in [0.5, 0.6) is 0 Å². The van der Waals surface area contributed by atoms with Crippen LogP contribution in [-0.2, 0) is 17.0 Å². The molecule has 2 nitrogen and oxygen atoms in total. The summed E-state index contributed by atoms with van der Waals surface area (Å²) in [6.45, 7) is 21.8. The van der Waals surface area contributed by atoms with Gasteiger partial charge in [-0.05, 0) is 60.2 Å². The van der Waals surface area contributed by atoms with Crippen molar-refractivity contribution in [2.45, 2.75) is 66.1 Å². The van der Waals surface area contributed by atoms with Gasteiger partial charge in [-0.3, -0.25) is 0 Å². The maximum absolute atomic E-state index is 4.89. The number of fused-ring (bicyclic) bond motifs is 1. The van der Waals surface area contributed by atoms with Crippen LogP contribution in [0.25, 0.3) is 5.32 Å². The van der Waals surface area contributed by atoms with Crippen molar-refractivity contribution in [3.8, 4) is 0 Å². The molecule has 0 aromatic rings. The zero-order valence-corrected chi connectivity index (χ0v) is 24.6. The molecule has 1 saturated heterocycles. The van der Waals surface area contributed by atoms with E-state index >= 15 is 0 Å². The topological polar surface area (TPSA) is 17.3 Å². The second-order valence-corrected chi connectivity index (χ2v) is 17.4. The van der Waals surface area contributed by atoms with Crippen molar-refractivity contribution >= 4 is 26.8 Å². The number of piperazine rings is 1. The van der Waals surface area contributed by atoms with Crippen LogP contribution in [0.3, 0.4) is 0 Å². The Bertz CT molecular complexity index is 586. The Labute approximate surface area is 205 Å². The second kappa shape index (κ2) is 13.0. The average Bonchev–Trinajstić information content (AvgIpc) is 3.08. The van der Waals surface area contributed by atoms with Crippen molar-refractivity contribution in [2.75, 3.05) is 26.2 Å². The van der Waals surface area contributed by atoms with Crippen LogP contribution >= 0.6 is 18.6 Å². The molecule has 3 unspecified atom stereocenters. The molecular formula is C24H44Cl2N2SiTi-2. The fraction of sp³-hybridized carbons (Fsp3) is 0.792. The van der Waals surface area contributed by atoms with Gasteiger partial charge in [0, 0.05) is 0 Å². The molecule has 30 heavy (non-hydrogen) atoms. The number of hydrogen-bond acceptors (Lipinski definition) is 1. The minimum atomic E-state index is -1.46. The van der Waals surface area contributed by atoms with E-state index < -0.39 is 25.3 Å². The van der Waals surface area contributed by atoms with Crippen LogP contribution in [-0.4, -0.2) is 39.0 Å². The van der Waals surface area contributed by atoms with Gasteiger partial charge in [-0.1, -0.05) is 71.9 Å². The predicted molar refractivity (Wildman–Crippen MR) is 135 cm³/mol. The molecule has 174 valence electrons. The summed E-state index contributed by atoms with van der Waals surface area (Å²) in [6.07, 6.45) is 8.11. The van der Waals surface area contributed by atoms with Crippen LogP contribution in [0.2, 0.25) is 18.6 Å². The molecule has 0 amide bonds. The van der Waals surface area contributed by atoms with Gasteiger partial charge >= 0.3 is 35.6 Å². The minimum absolute atomic E-state index is 0. The van der Waals surface area contributed by atoms with Gasteiger partial charge in [-0.15, -0.1) is 13.1 Å². The van der Waals surface area contributed by atoms with E-state index in [1.807, 2.05) is 0 Å². The third-order valence-corrected chi connectivity index (χ3v) is 12.2. The molecule has 3 rings (SSSR count). The van der Waals surface area contributed by atoms with E-state index in [-0.39, 0.29) is 7.43 Å². The van der Waals surface area contributed by atoms with Crippen molar-refractivity contribution in [1.82, 2.24) is 4.57 Å². The molecule has 2 aliphatic carbocycles. The summed E-state index contributed by atoms with van der Waals surface area (Å²) in [5, 5.41) is 4.61. The normalized spacial score (nSPS) is 29.4. The van der Waals surface area contributed by atoms with Gasteiger partial charge in [0.05, 0.1) is 0 Å². The Morgan fingerprint density at radius 2 is 1.70 bits per heavy atom. The standard InChI is InChI=1S/C23H41N2Si.CH3.2ClH.Ti/c1-8-18-15-22(26(6,7)25-11-9-24-10-12-25)21-14-19(16(2)3)13-20(17(4)5)23(18)21;;;;/h13-14,16-18,21-23H,8-12,15H2,1-7H3;1H3;2*1H;/q2*-1;;;+2/p-2/t18-,21?,22?,23?;;;;/m0..../s1. The number of halogens is 2. The number of rotatable bonds is 5. The molecule has 1 heterocycles. The molecule has 1 saturated carbocycles. The molecule has 0 N–H and O–H groups in total. The summed E-state index contributed by atoms with van der Waals surface area (Å²) in [7, 11) is 8.31. The Hall–Kier alpha value is 0.911. The third kappa shape index (κ3) is 6.49. The quantitative estimate of drug-likeness (QED) is 0.273. The molecule has 1 aliphatic heterocycles. The van der Waals surface area contributed by atoms with Crippen molar-refractivity contribution in [3.05, 3.63) is 36.0 Å². The fourth-order valence-corrected chi connectivity index (χ4v) is 9.92. The van der Waals surface area contributed by atoms with Crippen molar-refractivity contribution < 1.29 is 17.0 Å². The first-order valence-corrected chi connectivity index (χ1v) is 18.8. The van der Waals surface area contributed by atoms with E-state index in [1.54, 1.807) is 11.1 Å². The van der Waals surface area contributed by atoms with E-state index in [4.69, 9.17) is 18.6 Å². The van der Waals surface area contributed by atoms with Crippen molar-refractivity contribution in [2.24, 2.45) is 29.6 Å². The number of allylic oxidation sites excluding steroid dienone is 4. The molecule has 3 aliphatic rings. The van der Waals surface area contributed by atoms with Gasteiger partial charge in [0.1, 0.15) is 8.24 Å². The number of nitrogens with zero attached hydrogens (tertiary/aromatic N) is 2. The summed E-state index contributed by atoms with van der Waals surface area (Å²) < 4.78 is 2.88. The van der Waals surface area contributed by atoms with E-state index in [9.17, 15) is 0 Å². The first kappa shape index (κ1) is 28.9. The van der Waals surface area contributed by atoms with Crippen LogP contribution in [0.4, 0.5) is 0 Å². The fourth-order valence-electron chi connectivity index (χ4n) is 5.98. The Kier molecular flexibility index (Phi) is 12.5. The monoisotopic (exact) mass is 506 g/mol. The van der Waals surface area contributed by atoms with Gasteiger partial charge in [0.15, 0.2) is 0 Å². The average molecular weight is 507 g/mol. The molecule has 0 radical (unpaired) electrons. The zero-order valence-electron chi connectivity index (χ0n) is 20.5. The molecular weight excluding hydrogens is 463 g/mol. The first-order chi connectivity index (χ1) is 13.7. The summed E-state index contributed by atoms with van der Waals surface area (Å²) >= 11 is -0.556. The number of hydrogen-bond donors (Lipinski definition) is 0. The maximum atomic E-state index is 4.89. The Morgan fingerprint density at radius 1 is 1.13 bits per heavy atom. The summed E-state index contributed by atoms with van der Waals surface area (Å²) in [6, 6.07) is 0. The molecule has 2 fully saturated rings. The summed E-state index contributed by atoms with van der Waals surface area (Å²) in [4.78, 5) is 0. The van der Waals surface area contributed by atoms with Crippen LogP contribution in [0.1, 0.15) is 47.5 Å². The van der Waals surface area contributed by atoms with E-state index in [0.29, 0.717) is 11.8 Å². The van der Waals surface area contributed by atoms with Crippen LogP contribution in [0, 0.1) is 37.0 Å². The molecule has 0 bridgehead atoms. The van der Waals surface area contributed by atoms with Gasteiger partial charge in [0.2, 0.25) is 0 Å². The molecule has 6 heteroatoms. The SMILES string of the molecule is CC[C@H]1CC([Si](C)(C)N2CC[N-]CC2)C2C=C(C(C)C)C=C(C(C)C)C21.[CH3-].[Cl][Ti][Cl]. The van der Waals surface area contributed by atoms with E-state index in [0.717, 1.165) is 36.4 Å². The van der Waals surface area contributed by atoms with Crippen molar-refractivity contribution in [3.63, 3.8) is 0 Å². The van der Waals surface area contributed by atoms with Gasteiger partial charge in [-0.2, -0.15) is 0 Å². The molecule has 4 atom stereocenters. The van der Waals surface area contributed by atoms with Crippen molar-refractivity contribution in [1.29, 1.82) is 0 Å². The predicted octanol–water partition coefficient (Wildman–Crippen LogP) is 7.92. The zero-order chi connectivity index (χ0) is 21.8. The molecule has 0 aromatic heterocycles. The van der Waals surface area contributed by atoms with Gasteiger partial charge in [0.25, 0.3) is 0 Å². The second-order valence-electron chi connectivity index (χ2n) is 10.1. The Balaban J connectivity index is 0.00000106. The molecule has 0 aromatic carbocycles. The van der Waals surface area contributed by atoms with E-state index in [2.05, 4.69) is 69.7 Å². The summed E-state index contributed by atoms with van der Waals surface area (Å²) in [5.74, 6) is 3.78. The van der Waals surface area contributed by atoms with Gasteiger partial charge in [-0.25, -0.2) is 0 Å². The first-order valence-electron chi connectivity index (χ1n) is 11.5. The van der Waals surface area contributed by atoms with Gasteiger partial charge < -0.3 is 17.3 Å². The van der Waals surface area contributed by atoms with E-state index in [1.165, 1.54) is 25.9 Å². The van der Waals surface area contributed by atoms with Crippen LogP contribution in [0.15, 0.2) is 23.3 Å².